The average molecular weight is 869 g/mol. The number of allylic oxidation sites excluding steroid dienone is 1. The number of phosphoric acid groups is 3. The lowest BCUT2D eigenvalue weighted by atomic mass is 10.1. The van der Waals surface area contributed by atoms with Gasteiger partial charge in [-0.05, 0) is 13.8 Å². The molecule has 3 saturated heterocycles. The van der Waals surface area contributed by atoms with Crippen LogP contribution in [0.2, 0.25) is 0 Å². The number of aliphatic hydroxyl groups excluding tert-OH is 1. The Morgan fingerprint density at radius 2 is 1.53 bits per heavy atom. The molecule has 0 aliphatic carbocycles. The van der Waals surface area contributed by atoms with Gasteiger partial charge in [-0.3, -0.25) is 37.7 Å². The lowest BCUT2D eigenvalue weighted by Gasteiger charge is -2.25. The van der Waals surface area contributed by atoms with Crippen LogP contribution < -0.4 is 28.3 Å². The van der Waals surface area contributed by atoms with Crippen molar-refractivity contribution in [3.63, 3.8) is 0 Å². The Balaban J connectivity index is 0.995. The summed E-state index contributed by atoms with van der Waals surface area (Å²) in [7, 11) is -17.2. The van der Waals surface area contributed by atoms with Crippen molar-refractivity contribution in [2.75, 3.05) is 24.7 Å². The van der Waals surface area contributed by atoms with Crippen molar-refractivity contribution in [2.24, 2.45) is 0 Å². The van der Waals surface area contributed by atoms with Crippen LogP contribution in [-0.2, 0) is 56.9 Å². The van der Waals surface area contributed by atoms with Crippen LogP contribution >= 0.6 is 23.5 Å². The molecule has 10 N–H and O–H groups in total. The minimum atomic E-state index is -5.96. The number of imidazole rings is 2. The zero-order chi connectivity index (χ0) is 41.4. The van der Waals surface area contributed by atoms with Crippen LogP contribution in [-0.4, -0.2) is 108 Å². The maximum Gasteiger partial charge on any atom is 0.490 e. The molecule has 0 spiro atoms. The molecule has 3 fully saturated rings. The first-order valence-corrected chi connectivity index (χ1v) is 20.9. The monoisotopic (exact) mass is 868 g/mol. The van der Waals surface area contributed by atoms with Crippen LogP contribution in [0.15, 0.2) is 33.4 Å². The predicted molar refractivity (Wildman–Crippen MR) is 188 cm³/mol. The second-order valence-electron chi connectivity index (χ2n) is 13.2. The molecule has 9 unspecified atom stereocenters. The summed E-state index contributed by atoms with van der Waals surface area (Å²) in [6, 6.07) is 0. The number of rotatable bonds is 14. The van der Waals surface area contributed by atoms with Crippen molar-refractivity contribution in [1.29, 1.82) is 0 Å². The van der Waals surface area contributed by atoms with E-state index in [1.807, 2.05) is 0 Å². The van der Waals surface area contributed by atoms with E-state index in [1.54, 1.807) is 0 Å². The van der Waals surface area contributed by atoms with Gasteiger partial charge in [0.25, 0.3) is 11.1 Å². The number of nitrogens with two attached hydrogens (primary N) is 2. The molecular formula is C26H35N10O18P3. The third-order valence-electron chi connectivity index (χ3n) is 8.70. The summed E-state index contributed by atoms with van der Waals surface area (Å²) in [4.78, 5) is 85.7. The molecule has 7 heterocycles. The molecule has 0 bridgehead atoms. The standard InChI is InChI=1S/C26H35N10O18P3/c1-4-5-34-15-19(31-24(28)33-21(15)39)36(25(34)40)22-17-16(51-26(2,3)52-17)12(50-22)8-48-56(43,44)54-57(45,46)53-55(41,42)47-7-11-10(37)6-13(49-11)35-9-29-14-18(35)30-23(27)32-20(14)38/h4,9-13,16-17,22,37H,1,5-8H2,2-3H3,(H,41,42)(H,43,44)(H,45,46)(H3,27,30,32,38)(H3,28,31,33,39)/t10-,11?,12?,13?,16?,17?,22?/m0/s1. The van der Waals surface area contributed by atoms with Gasteiger partial charge in [0.15, 0.2) is 34.3 Å². The van der Waals surface area contributed by atoms with E-state index >= 15 is 0 Å². The summed E-state index contributed by atoms with van der Waals surface area (Å²) >= 11 is 0. The number of aliphatic hydroxyl groups is 1. The first-order valence-electron chi connectivity index (χ1n) is 16.5. The normalized spacial score (nSPS) is 29.0. The van der Waals surface area contributed by atoms with Crippen molar-refractivity contribution in [3.05, 3.63) is 50.2 Å². The zero-order valence-corrected chi connectivity index (χ0v) is 32.1. The van der Waals surface area contributed by atoms with Gasteiger partial charge in [-0.1, -0.05) is 6.08 Å². The molecule has 31 heteroatoms. The molecular weight excluding hydrogens is 833 g/mol. The molecule has 3 aliphatic rings. The van der Waals surface area contributed by atoms with Gasteiger partial charge in [-0.15, -0.1) is 6.58 Å². The van der Waals surface area contributed by atoms with Crippen LogP contribution in [0.25, 0.3) is 22.3 Å². The quantitative estimate of drug-likeness (QED) is 0.0545. The zero-order valence-electron chi connectivity index (χ0n) is 29.4. The summed E-state index contributed by atoms with van der Waals surface area (Å²) in [5.41, 5.74) is 8.72. The number of H-pyrrole nitrogens is 2. The lowest BCUT2D eigenvalue weighted by Crippen LogP contribution is -2.34. The highest BCUT2D eigenvalue weighted by Gasteiger charge is 2.57. The van der Waals surface area contributed by atoms with E-state index in [2.05, 4.69) is 40.1 Å². The number of nitrogen functional groups attached to an aromatic ring is 2. The number of ether oxygens (including phenoxy) is 4. The van der Waals surface area contributed by atoms with E-state index in [4.69, 9.17) is 39.5 Å². The summed E-state index contributed by atoms with van der Waals surface area (Å²) < 4.78 is 82.8. The summed E-state index contributed by atoms with van der Waals surface area (Å²) in [5.74, 6) is -1.86. The summed E-state index contributed by atoms with van der Waals surface area (Å²) in [6.45, 7) is 4.66. The minimum Gasteiger partial charge on any atom is -0.390 e. The van der Waals surface area contributed by atoms with Gasteiger partial charge >= 0.3 is 29.2 Å². The third kappa shape index (κ3) is 8.21. The number of phosphoric ester groups is 2. The van der Waals surface area contributed by atoms with Gasteiger partial charge in [0.05, 0.1) is 25.6 Å². The predicted octanol–water partition coefficient (Wildman–Crippen LogP) is -1.20. The minimum absolute atomic E-state index is 0.0102. The molecule has 3 aliphatic heterocycles. The van der Waals surface area contributed by atoms with Crippen LogP contribution in [0, 0.1) is 0 Å². The van der Waals surface area contributed by atoms with Crippen molar-refractivity contribution in [3.8, 4) is 0 Å². The molecule has 28 nitrogen and oxygen atoms in total. The first kappa shape index (κ1) is 41.2. The van der Waals surface area contributed by atoms with E-state index in [0.29, 0.717) is 0 Å². The molecule has 312 valence electrons. The van der Waals surface area contributed by atoms with Gasteiger partial charge in [0, 0.05) is 13.0 Å². The van der Waals surface area contributed by atoms with E-state index in [0.717, 1.165) is 9.13 Å². The van der Waals surface area contributed by atoms with E-state index < -0.39 is 102 Å². The van der Waals surface area contributed by atoms with Crippen molar-refractivity contribution in [2.45, 2.75) is 75.6 Å². The van der Waals surface area contributed by atoms with Crippen LogP contribution in [0.3, 0.4) is 0 Å². The van der Waals surface area contributed by atoms with E-state index in [-0.39, 0.29) is 47.2 Å². The number of aromatic nitrogens is 8. The maximum atomic E-state index is 13.6. The second kappa shape index (κ2) is 14.7. The number of hydrogen-bond donors (Lipinski definition) is 8. The smallest absolute Gasteiger partial charge is 0.390 e. The van der Waals surface area contributed by atoms with Crippen LogP contribution in [0.5, 0.6) is 0 Å². The molecule has 4 aromatic rings. The summed E-state index contributed by atoms with van der Waals surface area (Å²) in [6.07, 6.45) is -6.35. The summed E-state index contributed by atoms with van der Waals surface area (Å²) in [5, 5.41) is 10.5. The van der Waals surface area contributed by atoms with Crippen molar-refractivity contribution < 1.29 is 70.1 Å². The van der Waals surface area contributed by atoms with Gasteiger partial charge < -0.3 is 50.2 Å². The van der Waals surface area contributed by atoms with Crippen LogP contribution in [0.1, 0.15) is 32.7 Å². The Morgan fingerprint density at radius 3 is 2.18 bits per heavy atom. The Bertz CT molecular complexity index is 2570. The largest absolute Gasteiger partial charge is 0.490 e. The second-order valence-corrected chi connectivity index (χ2v) is 17.8. The Hall–Kier alpha value is -3.95. The Kier molecular flexibility index (Phi) is 10.6. The fourth-order valence-electron chi connectivity index (χ4n) is 6.58. The molecule has 7 rings (SSSR count). The van der Waals surface area contributed by atoms with Gasteiger partial charge in [0.1, 0.15) is 30.6 Å². The Morgan fingerprint density at radius 1 is 0.930 bits per heavy atom. The number of anilines is 2. The van der Waals surface area contributed by atoms with E-state index in [1.165, 1.54) is 30.8 Å². The number of nitrogens with zero attached hydrogens (tertiary/aromatic N) is 6. The molecule has 0 amide bonds. The molecule has 0 radical (unpaired) electrons. The molecule has 10 atom stereocenters. The van der Waals surface area contributed by atoms with Crippen molar-refractivity contribution >= 4 is 57.7 Å². The first-order chi connectivity index (χ1) is 26.6. The number of fused-ring (bicyclic) bond motifs is 3. The molecule has 57 heavy (non-hydrogen) atoms. The fourth-order valence-corrected chi connectivity index (χ4v) is 10.1. The highest BCUT2D eigenvalue weighted by molar-refractivity contribution is 7.66. The SMILES string of the molecule is C=CCn1c(=O)n(C2OC(COP(=O)(O)OP(=O)(O)OP(=O)(O)OCC3OC(n4cnc5c(=O)[nH]c(N)nc54)C[C@@H]3O)C3OC(C)(C)OC32)c2nc(N)[nH]c(=O)c21. The van der Waals surface area contributed by atoms with Gasteiger partial charge in [-0.25, -0.2) is 28.0 Å². The highest BCUT2D eigenvalue weighted by Crippen LogP contribution is 2.68. The van der Waals surface area contributed by atoms with Crippen molar-refractivity contribution in [1.82, 2.24) is 38.6 Å². The topological polar surface area (TPSA) is 394 Å². The van der Waals surface area contributed by atoms with Gasteiger partial charge in [0.2, 0.25) is 11.9 Å². The number of aromatic amines is 2. The van der Waals surface area contributed by atoms with Gasteiger partial charge in [-0.2, -0.15) is 18.6 Å². The molecule has 0 aromatic carbocycles. The van der Waals surface area contributed by atoms with Crippen LogP contribution in [0.4, 0.5) is 11.9 Å². The maximum absolute atomic E-state index is 13.6. The average Bonchev–Trinajstić information content (AvgIpc) is 3.86. The molecule has 0 saturated carbocycles. The number of hydrogen-bond acceptors (Lipinski definition) is 20. The Labute approximate surface area is 316 Å². The van der Waals surface area contributed by atoms with E-state index in [9.17, 15) is 47.9 Å². The lowest BCUT2D eigenvalue weighted by molar-refractivity contribution is -0.199. The fraction of sp³-hybridized carbons (Fsp3) is 0.538. The number of nitrogens with one attached hydrogen (secondary N) is 2. The molecule has 4 aromatic heterocycles. The highest BCUT2D eigenvalue weighted by atomic mass is 31.3. The third-order valence-corrected chi connectivity index (χ3v) is 13.0.